The van der Waals surface area contributed by atoms with Gasteiger partial charge in [-0.15, -0.1) is 0 Å². The minimum atomic E-state index is 0.388. The lowest BCUT2D eigenvalue weighted by Crippen LogP contribution is -2.02. The van der Waals surface area contributed by atoms with Crippen LogP contribution >= 0.6 is 12.2 Å². The van der Waals surface area contributed by atoms with E-state index in [2.05, 4.69) is 23.8 Å². The standard InChI is InChI=1S/C16H20N2O2S/c1-10(2)12-9-16(21)18-15(17-12)8-11-5-6-13(19-3)14(7-11)20-4/h5-7,9-10H,8H2,1-4H3,(H,17,18,21). The van der Waals surface area contributed by atoms with Gasteiger partial charge in [-0.25, -0.2) is 4.98 Å². The van der Waals surface area contributed by atoms with Crippen LogP contribution in [-0.4, -0.2) is 24.2 Å². The molecule has 0 saturated heterocycles. The van der Waals surface area contributed by atoms with E-state index in [0.29, 0.717) is 22.7 Å². The van der Waals surface area contributed by atoms with E-state index in [0.717, 1.165) is 22.8 Å². The summed E-state index contributed by atoms with van der Waals surface area (Å²) in [7, 11) is 3.26. The molecular formula is C16H20N2O2S. The Kier molecular flexibility index (Phi) is 4.96. The van der Waals surface area contributed by atoms with Crippen molar-refractivity contribution < 1.29 is 9.47 Å². The monoisotopic (exact) mass is 304 g/mol. The summed E-state index contributed by atoms with van der Waals surface area (Å²) in [6, 6.07) is 7.77. The van der Waals surface area contributed by atoms with E-state index < -0.39 is 0 Å². The molecule has 5 heteroatoms. The molecule has 1 heterocycles. The molecule has 1 aromatic heterocycles. The second kappa shape index (κ2) is 6.72. The molecule has 0 aliphatic rings. The Morgan fingerprint density at radius 2 is 1.86 bits per heavy atom. The average molecular weight is 304 g/mol. The van der Waals surface area contributed by atoms with Crippen molar-refractivity contribution in [2.45, 2.75) is 26.2 Å². The fourth-order valence-electron chi connectivity index (χ4n) is 2.11. The Balaban J connectivity index is 2.32. The molecule has 21 heavy (non-hydrogen) atoms. The Hall–Kier alpha value is -1.88. The van der Waals surface area contributed by atoms with Crippen LogP contribution in [-0.2, 0) is 6.42 Å². The highest BCUT2D eigenvalue weighted by Crippen LogP contribution is 2.28. The smallest absolute Gasteiger partial charge is 0.161 e. The van der Waals surface area contributed by atoms with Crippen molar-refractivity contribution in [2.75, 3.05) is 14.2 Å². The summed E-state index contributed by atoms with van der Waals surface area (Å²) >= 11 is 5.23. The zero-order valence-electron chi connectivity index (χ0n) is 12.8. The van der Waals surface area contributed by atoms with Crippen LogP contribution in [0.4, 0.5) is 0 Å². The number of hydrogen-bond acceptors (Lipinski definition) is 4. The zero-order chi connectivity index (χ0) is 15.4. The highest BCUT2D eigenvalue weighted by molar-refractivity contribution is 7.71. The second-order valence-electron chi connectivity index (χ2n) is 5.14. The highest BCUT2D eigenvalue weighted by Gasteiger charge is 2.08. The predicted molar refractivity (Wildman–Crippen MR) is 85.9 cm³/mol. The van der Waals surface area contributed by atoms with Gasteiger partial charge in [-0.3, -0.25) is 0 Å². The van der Waals surface area contributed by atoms with Crippen molar-refractivity contribution in [3.63, 3.8) is 0 Å². The van der Waals surface area contributed by atoms with E-state index in [1.54, 1.807) is 14.2 Å². The molecule has 0 atom stereocenters. The molecule has 2 aromatic rings. The third-order valence-corrected chi connectivity index (χ3v) is 3.46. The van der Waals surface area contributed by atoms with Crippen molar-refractivity contribution in [1.82, 2.24) is 9.97 Å². The molecule has 0 aliphatic carbocycles. The summed E-state index contributed by atoms with van der Waals surface area (Å²) in [6.07, 6.45) is 0.671. The second-order valence-corrected chi connectivity index (χ2v) is 5.56. The van der Waals surface area contributed by atoms with Gasteiger partial charge in [-0.2, -0.15) is 0 Å². The number of ether oxygens (including phenoxy) is 2. The first-order valence-corrected chi connectivity index (χ1v) is 7.25. The average Bonchev–Trinajstić information content (AvgIpc) is 2.46. The topological polar surface area (TPSA) is 47.1 Å². The van der Waals surface area contributed by atoms with Crippen LogP contribution in [0.3, 0.4) is 0 Å². The normalized spacial score (nSPS) is 10.7. The first kappa shape index (κ1) is 15.5. The van der Waals surface area contributed by atoms with E-state index in [1.807, 2.05) is 24.3 Å². The lowest BCUT2D eigenvalue weighted by Gasteiger charge is -2.11. The zero-order valence-corrected chi connectivity index (χ0v) is 13.6. The summed E-state index contributed by atoms with van der Waals surface area (Å²) in [5.41, 5.74) is 2.19. The maximum Gasteiger partial charge on any atom is 0.161 e. The molecule has 4 nitrogen and oxygen atoms in total. The van der Waals surface area contributed by atoms with Crippen LogP contribution in [0.15, 0.2) is 24.3 Å². The van der Waals surface area contributed by atoms with Crippen LogP contribution in [0.5, 0.6) is 11.5 Å². The van der Waals surface area contributed by atoms with Gasteiger partial charge >= 0.3 is 0 Å². The number of nitrogens with zero attached hydrogens (tertiary/aromatic N) is 1. The number of aromatic amines is 1. The summed E-state index contributed by atoms with van der Waals surface area (Å²) in [5.74, 6) is 2.68. The van der Waals surface area contributed by atoms with Crippen LogP contribution in [0.25, 0.3) is 0 Å². The van der Waals surface area contributed by atoms with Crippen LogP contribution in [0, 0.1) is 4.64 Å². The minimum absolute atomic E-state index is 0.388. The Bertz CT molecular complexity index is 680. The van der Waals surface area contributed by atoms with Gasteiger partial charge in [0.15, 0.2) is 11.5 Å². The van der Waals surface area contributed by atoms with Gasteiger partial charge in [0.05, 0.1) is 14.2 Å². The number of methoxy groups -OCH3 is 2. The molecule has 1 aromatic carbocycles. The predicted octanol–water partition coefficient (Wildman–Crippen LogP) is 3.87. The van der Waals surface area contributed by atoms with Crippen molar-refractivity contribution in [3.05, 3.63) is 46.0 Å². The van der Waals surface area contributed by atoms with Gasteiger partial charge in [0, 0.05) is 12.1 Å². The molecule has 0 unspecified atom stereocenters. The molecule has 0 amide bonds. The largest absolute Gasteiger partial charge is 0.493 e. The fraction of sp³-hybridized carbons (Fsp3) is 0.375. The van der Waals surface area contributed by atoms with Gasteiger partial charge in [-0.1, -0.05) is 32.1 Å². The Morgan fingerprint density at radius 1 is 1.14 bits per heavy atom. The maximum absolute atomic E-state index is 5.32. The van der Waals surface area contributed by atoms with E-state index in [4.69, 9.17) is 21.7 Å². The fourth-order valence-corrected chi connectivity index (χ4v) is 2.34. The molecule has 0 saturated carbocycles. The van der Waals surface area contributed by atoms with Gasteiger partial charge in [0.2, 0.25) is 0 Å². The summed E-state index contributed by atoms with van der Waals surface area (Å²) in [6.45, 7) is 4.25. The Morgan fingerprint density at radius 3 is 2.48 bits per heavy atom. The third-order valence-electron chi connectivity index (χ3n) is 3.25. The van der Waals surface area contributed by atoms with Crippen LogP contribution in [0.1, 0.15) is 36.8 Å². The van der Waals surface area contributed by atoms with Crippen molar-refractivity contribution in [1.29, 1.82) is 0 Å². The lowest BCUT2D eigenvalue weighted by atomic mass is 10.1. The molecular weight excluding hydrogens is 284 g/mol. The first-order valence-electron chi connectivity index (χ1n) is 6.84. The number of hydrogen-bond donors (Lipinski definition) is 1. The number of benzene rings is 1. The first-order chi connectivity index (χ1) is 10.0. The molecule has 0 bridgehead atoms. The highest BCUT2D eigenvalue weighted by atomic mass is 32.1. The quantitative estimate of drug-likeness (QED) is 0.852. The molecule has 0 spiro atoms. The maximum atomic E-state index is 5.32. The van der Waals surface area contributed by atoms with Gasteiger partial charge in [0.1, 0.15) is 10.5 Å². The molecule has 112 valence electrons. The van der Waals surface area contributed by atoms with E-state index in [9.17, 15) is 0 Å². The molecule has 1 N–H and O–H groups in total. The number of nitrogens with one attached hydrogen (secondary N) is 1. The van der Waals surface area contributed by atoms with Gasteiger partial charge < -0.3 is 14.5 Å². The summed E-state index contributed by atoms with van der Waals surface area (Å²) in [5, 5.41) is 0. The third kappa shape index (κ3) is 3.82. The lowest BCUT2D eigenvalue weighted by molar-refractivity contribution is 0.354. The minimum Gasteiger partial charge on any atom is -0.493 e. The summed E-state index contributed by atoms with van der Waals surface area (Å²) in [4.78, 5) is 7.75. The SMILES string of the molecule is COc1ccc(Cc2nc(=S)cc(C(C)C)[nH]2)cc1OC. The van der Waals surface area contributed by atoms with Gasteiger partial charge in [-0.05, 0) is 29.7 Å². The number of H-pyrrole nitrogens is 1. The van der Waals surface area contributed by atoms with E-state index >= 15 is 0 Å². The van der Waals surface area contributed by atoms with Crippen molar-refractivity contribution >= 4 is 12.2 Å². The molecule has 0 aliphatic heterocycles. The van der Waals surface area contributed by atoms with Crippen LogP contribution < -0.4 is 9.47 Å². The molecule has 0 fully saturated rings. The number of aromatic nitrogens is 2. The number of rotatable bonds is 5. The van der Waals surface area contributed by atoms with E-state index in [1.165, 1.54) is 0 Å². The van der Waals surface area contributed by atoms with Crippen LogP contribution in [0.2, 0.25) is 0 Å². The van der Waals surface area contributed by atoms with Gasteiger partial charge in [0.25, 0.3) is 0 Å². The molecule has 2 rings (SSSR count). The van der Waals surface area contributed by atoms with Crippen molar-refractivity contribution in [2.24, 2.45) is 0 Å². The van der Waals surface area contributed by atoms with E-state index in [-0.39, 0.29) is 0 Å². The summed E-state index contributed by atoms with van der Waals surface area (Å²) < 4.78 is 11.2. The Labute approximate surface area is 130 Å². The van der Waals surface area contributed by atoms with Crippen molar-refractivity contribution in [3.8, 4) is 11.5 Å². The molecule has 0 radical (unpaired) electrons.